The lowest BCUT2D eigenvalue weighted by atomic mass is 10.1. The lowest BCUT2D eigenvalue weighted by Crippen LogP contribution is -2.23. The number of fused-ring (bicyclic) bond motifs is 1. The molecule has 6 nitrogen and oxygen atoms in total. The van der Waals surface area contributed by atoms with E-state index in [1.807, 2.05) is 24.3 Å². The molecule has 0 atom stereocenters. The van der Waals surface area contributed by atoms with Crippen LogP contribution >= 0.6 is 11.3 Å². The van der Waals surface area contributed by atoms with E-state index < -0.39 is 5.97 Å². The van der Waals surface area contributed by atoms with Crippen LogP contribution in [0.2, 0.25) is 0 Å². The summed E-state index contributed by atoms with van der Waals surface area (Å²) in [6.07, 6.45) is 2.79. The quantitative estimate of drug-likeness (QED) is 0.771. The maximum absolute atomic E-state index is 12.0. The zero-order valence-corrected chi connectivity index (χ0v) is 12.1. The molecular weight excluding hydrogens is 302 g/mol. The predicted octanol–water partition coefficient (Wildman–Crippen LogP) is 2.32. The smallest absolute Gasteiger partial charge is 0.346 e. The van der Waals surface area contributed by atoms with Crippen LogP contribution < -0.4 is 5.32 Å². The van der Waals surface area contributed by atoms with Crippen LogP contribution in [0.3, 0.4) is 0 Å². The van der Waals surface area contributed by atoms with Gasteiger partial charge in [-0.25, -0.2) is 4.79 Å². The summed E-state index contributed by atoms with van der Waals surface area (Å²) in [6, 6.07) is 8.97. The number of carbonyl (C=O) groups is 2. The average molecular weight is 313 g/mol. The Morgan fingerprint density at radius 1 is 1.18 bits per heavy atom. The maximum atomic E-state index is 12.0. The molecule has 1 aromatic carbocycles. The van der Waals surface area contributed by atoms with E-state index in [-0.39, 0.29) is 17.3 Å². The Hall–Kier alpha value is -2.80. The van der Waals surface area contributed by atoms with Crippen LogP contribution in [0.15, 0.2) is 42.7 Å². The standard InChI is InChI=1S/C15H11N3O3S/c19-14(9-5-6-17-18-7-9)16-8-11-10-3-1-2-4-12(10)22-13(11)15(20)21/h1-7H,8H2,(H,16,19)(H,20,21). The molecule has 0 radical (unpaired) electrons. The number of aromatic nitrogens is 2. The van der Waals surface area contributed by atoms with Gasteiger partial charge in [0, 0.05) is 16.8 Å². The summed E-state index contributed by atoms with van der Waals surface area (Å²) in [6.45, 7) is 0.146. The number of nitrogens with zero attached hydrogens (tertiary/aromatic N) is 2. The van der Waals surface area contributed by atoms with Crippen LogP contribution in [-0.2, 0) is 6.54 Å². The zero-order chi connectivity index (χ0) is 15.5. The van der Waals surface area contributed by atoms with Gasteiger partial charge in [0.25, 0.3) is 5.91 Å². The van der Waals surface area contributed by atoms with Crippen molar-refractivity contribution >= 4 is 33.3 Å². The molecule has 2 N–H and O–H groups in total. The summed E-state index contributed by atoms with van der Waals surface area (Å²) >= 11 is 1.21. The molecule has 0 saturated heterocycles. The molecule has 0 aliphatic heterocycles. The fourth-order valence-corrected chi connectivity index (χ4v) is 3.20. The molecule has 22 heavy (non-hydrogen) atoms. The van der Waals surface area contributed by atoms with Crippen molar-refractivity contribution in [3.8, 4) is 0 Å². The number of rotatable bonds is 4. The van der Waals surface area contributed by atoms with Gasteiger partial charge in [-0.2, -0.15) is 10.2 Å². The third kappa shape index (κ3) is 2.66. The fourth-order valence-electron chi connectivity index (χ4n) is 2.14. The summed E-state index contributed by atoms with van der Waals surface area (Å²) < 4.78 is 0.884. The first-order valence-electron chi connectivity index (χ1n) is 6.45. The first kappa shape index (κ1) is 14.2. The van der Waals surface area contributed by atoms with Crippen molar-refractivity contribution in [1.82, 2.24) is 15.5 Å². The van der Waals surface area contributed by atoms with E-state index >= 15 is 0 Å². The normalized spacial score (nSPS) is 10.5. The second-order valence-electron chi connectivity index (χ2n) is 4.52. The molecule has 0 aliphatic rings. The summed E-state index contributed by atoms with van der Waals surface area (Å²) in [5, 5.41) is 20.2. The van der Waals surface area contributed by atoms with Crippen molar-refractivity contribution in [3.05, 3.63) is 58.7 Å². The molecule has 7 heteroatoms. The van der Waals surface area contributed by atoms with Crippen LogP contribution in [-0.4, -0.2) is 27.2 Å². The van der Waals surface area contributed by atoms with Gasteiger partial charge in [-0.15, -0.1) is 11.3 Å². The largest absolute Gasteiger partial charge is 0.477 e. The van der Waals surface area contributed by atoms with E-state index in [2.05, 4.69) is 15.5 Å². The molecule has 0 bridgehead atoms. The average Bonchev–Trinajstić information content (AvgIpc) is 2.92. The highest BCUT2D eigenvalue weighted by Gasteiger charge is 2.18. The molecule has 1 amide bonds. The Bertz CT molecular complexity index is 846. The molecule has 3 rings (SSSR count). The summed E-state index contributed by atoms with van der Waals surface area (Å²) in [7, 11) is 0. The topological polar surface area (TPSA) is 92.2 Å². The Kier molecular flexibility index (Phi) is 3.80. The minimum absolute atomic E-state index is 0.146. The van der Waals surface area contributed by atoms with Crippen LogP contribution in [0, 0.1) is 0 Å². The Labute approximate surface area is 129 Å². The van der Waals surface area contributed by atoms with Gasteiger partial charge in [0.1, 0.15) is 4.88 Å². The van der Waals surface area contributed by atoms with Crippen LogP contribution in [0.1, 0.15) is 25.6 Å². The second-order valence-corrected chi connectivity index (χ2v) is 5.58. The van der Waals surface area contributed by atoms with Gasteiger partial charge in [-0.05, 0) is 17.5 Å². The number of hydrogen-bond acceptors (Lipinski definition) is 5. The van der Waals surface area contributed by atoms with Crippen molar-refractivity contribution in [2.45, 2.75) is 6.54 Å². The second kappa shape index (κ2) is 5.90. The summed E-state index contributed by atoms with van der Waals surface area (Å²) in [5.74, 6) is -1.31. The first-order valence-corrected chi connectivity index (χ1v) is 7.27. The SMILES string of the molecule is O=C(NCc1c(C(=O)O)sc2ccccc12)c1ccnnc1. The van der Waals surface area contributed by atoms with Crippen molar-refractivity contribution in [3.63, 3.8) is 0 Å². The molecule has 2 heterocycles. The van der Waals surface area contributed by atoms with E-state index in [0.29, 0.717) is 11.1 Å². The zero-order valence-electron chi connectivity index (χ0n) is 11.3. The monoisotopic (exact) mass is 313 g/mol. The van der Waals surface area contributed by atoms with Crippen LogP contribution in [0.5, 0.6) is 0 Å². The van der Waals surface area contributed by atoms with E-state index in [1.54, 1.807) is 6.07 Å². The highest BCUT2D eigenvalue weighted by Crippen LogP contribution is 2.31. The molecule has 0 saturated carbocycles. The lowest BCUT2D eigenvalue weighted by Gasteiger charge is -2.05. The van der Waals surface area contributed by atoms with Gasteiger partial charge >= 0.3 is 5.97 Å². The summed E-state index contributed by atoms with van der Waals surface area (Å²) in [4.78, 5) is 23.7. The highest BCUT2D eigenvalue weighted by atomic mass is 32.1. The Morgan fingerprint density at radius 2 is 2.00 bits per heavy atom. The maximum Gasteiger partial charge on any atom is 0.346 e. The van der Waals surface area contributed by atoms with Crippen molar-refractivity contribution in [2.24, 2.45) is 0 Å². The number of carboxylic acids is 1. The Morgan fingerprint density at radius 3 is 2.73 bits per heavy atom. The van der Waals surface area contributed by atoms with Gasteiger partial charge in [0.15, 0.2) is 0 Å². The van der Waals surface area contributed by atoms with Gasteiger partial charge < -0.3 is 10.4 Å². The van der Waals surface area contributed by atoms with Crippen LogP contribution in [0.25, 0.3) is 10.1 Å². The molecular formula is C15H11N3O3S. The minimum atomic E-state index is -0.990. The predicted molar refractivity (Wildman–Crippen MR) is 82.0 cm³/mol. The van der Waals surface area contributed by atoms with Crippen molar-refractivity contribution in [2.75, 3.05) is 0 Å². The van der Waals surface area contributed by atoms with Gasteiger partial charge in [-0.1, -0.05) is 18.2 Å². The number of benzene rings is 1. The van der Waals surface area contributed by atoms with Crippen LogP contribution in [0.4, 0.5) is 0 Å². The van der Waals surface area contributed by atoms with E-state index in [1.165, 1.54) is 23.7 Å². The van der Waals surface area contributed by atoms with Gasteiger partial charge in [-0.3, -0.25) is 4.79 Å². The van der Waals surface area contributed by atoms with Gasteiger partial charge in [0.05, 0.1) is 18.0 Å². The molecule has 3 aromatic rings. The van der Waals surface area contributed by atoms with E-state index in [0.717, 1.165) is 10.1 Å². The molecule has 0 fully saturated rings. The third-order valence-corrected chi connectivity index (χ3v) is 4.37. The number of thiophene rings is 1. The molecule has 0 aliphatic carbocycles. The molecule has 2 aromatic heterocycles. The number of hydrogen-bond donors (Lipinski definition) is 2. The molecule has 0 unspecified atom stereocenters. The van der Waals surface area contributed by atoms with Crippen molar-refractivity contribution in [1.29, 1.82) is 0 Å². The highest BCUT2D eigenvalue weighted by molar-refractivity contribution is 7.21. The minimum Gasteiger partial charge on any atom is -0.477 e. The number of carbonyl (C=O) groups excluding carboxylic acids is 1. The van der Waals surface area contributed by atoms with Gasteiger partial charge in [0.2, 0.25) is 0 Å². The van der Waals surface area contributed by atoms with Crippen molar-refractivity contribution < 1.29 is 14.7 Å². The molecule has 110 valence electrons. The van der Waals surface area contributed by atoms with E-state index in [4.69, 9.17) is 0 Å². The number of amides is 1. The first-order chi connectivity index (χ1) is 10.7. The summed E-state index contributed by atoms with van der Waals surface area (Å²) in [5.41, 5.74) is 0.995. The lowest BCUT2D eigenvalue weighted by molar-refractivity contribution is 0.0700. The number of aromatic carboxylic acids is 1. The molecule has 0 spiro atoms. The third-order valence-electron chi connectivity index (χ3n) is 3.16. The number of nitrogens with one attached hydrogen (secondary N) is 1. The fraction of sp³-hybridized carbons (Fsp3) is 0.0667. The Balaban J connectivity index is 1.89. The van der Waals surface area contributed by atoms with E-state index in [9.17, 15) is 14.7 Å². The number of carboxylic acid groups (broad SMARTS) is 1.